The highest BCUT2D eigenvalue weighted by molar-refractivity contribution is 7.89. The first-order chi connectivity index (χ1) is 13.5. The van der Waals surface area contributed by atoms with Crippen molar-refractivity contribution in [3.05, 3.63) is 101 Å². The second-order valence-corrected chi connectivity index (χ2v) is 8.21. The summed E-state index contributed by atoms with van der Waals surface area (Å²) in [6, 6.07) is 23.0. The largest absolute Gasteiger partial charge is 0.348 e. The standard InChI is InChI=1S/C22H22N2O3S/c1-17-7-5-6-10-20(17)16-23-22(25)19-11-13-21(14-12-19)28(26,27)24-15-18-8-3-2-4-9-18/h2-14,24H,15-16H2,1H3,(H,23,25). The molecule has 0 bridgehead atoms. The lowest BCUT2D eigenvalue weighted by molar-refractivity contribution is 0.0951. The second-order valence-electron chi connectivity index (χ2n) is 6.44. The Kier molecular flexibility index (Phi) is 6.23. The summed E-state index contributed by atoms with van der Waals surface area (Å²) >= 11 is 0. The third kappa shape index (κ3) is 5.06. The molecule has 0 heterocycles. The maximum atomic E-state index is 12.4. The molecule has 2 N–H and O–H groups in total. The fourth-order valence-electron chi connectivity index (χ4n) is 2.73. The van der Waals surface area contributed by atoms with Crippen LogP contribution in [-0.4, -0.2) is 14.3 Å². The molecule has 1 amide bonds. The van der Waals surface area contributed by atoms with Gasteiger partial charge in [-0.3, -0.25) is 4.79 Å². The summed E-state index contributed by atoms with van der Waals surface area (Å²) < 4.78 is 27.4. The van der Waals surface area contributed by atoms with Gasteiger partial charge in [0.2, 0.25) is 10.0 Å². The fraction of sp³-hybridized carbons (Fsp3) is 0.136. The molecule has 5 nitrogen and oxygen atoms in total. The predicted octanol–water partition coefficient (Wildman–Crippen LogP) is 3.40. The van der Waals surface area contributed by atoms with Gasteiger partial charge in [0.25, 0.3) is 5.91 Å². The first-order valence-electron chi connectivity index (χ1n) is 8.92. The van der Waals surface area contributed by atoms with Crippen molar-refractivity contribution in [2.24, 2.45) is 0 Å². The number of rotatable bonds is 7. The molecule has 0 radical (unpaired) electrons. The van der Waals surface area contributed by atoms with Crippen LogP contribution in [0.4, 0.5) is 0 Å². The average molecular weight is 394 g/mol. The summed E-state index contributed by atoms with van der Waals surface area (Å²) in [6.45, 7) is 2.62. The summed E-state index contributed by atoms with van der Waals surface area (Å²) in [5.41, 5.74) is 3.43. The minimum atomic E-state index is -3.64. The minimum absolute atomic E-state index is 0.124. The van der Waals surface area contributed by atoms with Gasteiger partial charge in [0.15, 0.2) is 0 Å². The highest BCUT2D eigenvalue weighted by Crippen LogP contribution is 2.12. The molecule has 0 aliphatic rings. The number of amides is 1. The van der Waals surface area contributed by atoms with E-state index < -0.39 is 10.0 Å². The van der Waals surface area contributed by atoms with Crippen LogP contribution in [0.2, 0.25) is 0 Å². The van der Waals surface area contributed by atoms with Gasteiger partial charge in [-0.1, -0.05) is 54.6 Å². The second kappa shape index (κ2) is 8.82. The van der Waals surface area contributed by atoms with Gasteiger partial charge < -0.3 is 5.32 Å². The van der Waals surface area contributed by atoms with Crippen LogP contribution in [0.5, 0.6) is 0 Å². The number of carbonyl (C=O) groups excluding carboxylic acids is 1. The van der Waals surface area contributed by atoms with Gasteiger partial charge in [0.05, 0.1) is 4.90 Å². The van der Waals surface area contributed by atoms with Gasteiger partial charge in [-0.25, -0.2) is 13.1 Å². The molecule has 0 saturated carbocycles. The highest BCUT2D eigenvalue weighted by atomic mass is 32.2. The predicted molar refractivity (Wildman–Crippen MR) is 109 cm³/mol. The monoisotopic (exact) mass is 394 g/mol. The van der Waals surface area contributed by atoms with Gasteiger partial charge in [0.1, 0.15) is 0 Å². The van der Waals surface area contributed by atoms with Crippen molar-refractivity contribution >= 4 is 15.9 Å². The van der Waals surface area contributed by atoms with E-state index in [0.29, 0.717) is 12.1 Å². The van der Waals surface area contributed by atoms with Crippen molar-refractivity contribution in [3.63, 3.8) is 0 Å². The van der Waals surface area contributed by atoms with E-state index in [1.165, 1.54) is 24.3 Å². The van der Waals surface area contributed by atoms with E-state index in [1.54, 1.807) is 0 Å². The van der Waals surface area contributed by atoms with Crippen molar-refractivity contribution in [2.45, 2.75) is 24.9 Å². The van der Waals surface area contributed by atoms with Crippen LogP contribution in [0.15, 0.2) is 83.8 Å². The summed E-state index contributed by atoms with van der Waals surface area (Å²) in [4.78, 5) is 12.4. The van der Waals surface area contributed by atoms with Crippen LogP contribution < -0.4 is 10.0 Å². The number of benzene rings is 3. The molecule has 28 heavy (non-hydrogen) atoms. The maximum Gasteiger partial charge on any atom is 0.251 e. The number of carbonyl (C=O) groups is 1. The minimum Gasteiger partial charge on any atom is -0.348 e. The highest BCUT2D eigenvalue weighted by Gasteiger charge is 2.15. The quantitative estimate of drug-likeness (QED) is 0.645. The molecule has 6 heteroatoms. The molecule has 3 aromatic carbocycles. The van der Waals surface area contributed by atoms with Gasteiger partial charge in [-0.15, -0.1) is 0 Å². The summed E-state index contributed by atoms with van der Waals surface area (Å²) in [7, 11) is -3.64. The van der Waals surface area contributed by atoms with Gasteiger partial charge in [-0.2, -0.15) is 0 Å². The number of hydrogen-bond donors (Lipinski definition) is 2. The Morgan fingerprint density at radius 3 is 2.14 bits per heavy atom. The molecule has 0 aliphatic heterocycles. The van der Waals surface area contributed by atoms with Gasteiger partial charge >= 0.3 is 0 Å². The third-order valence-electron chi connectivity index (χ3n) is 4.44. The van der Waals surface area contributed by atoms with E-state index in [4.69, 9.17) is 0 Å². The van der Waals surface area contributed by atoms with E-state index in [-0.39, 0.29) is 17.3 Å². The molecule has 0 fully saturated rings. The first kappa shape index (κ1) is 19.8. The first-order valence-corrected chi connectivity index (χ1v) is 10.4. The Balaban J connectivity index is 1.62. The van der Waals surface area contributed by atoms with E-state index >= 15 is 0 Å². The zero-order chi connectivity index (χ0) is 20.0. The molecule has 0 unspecified atom stereocenters. The van der Waals surface area contributed by atoms with E-state index in [2.05, 4.69) is 10.0 Å². The number of hydrogen-bond acceptors (Lipinski definition) is 3. The van der Waals surface area contributed by atoms with Gasteiger partial charge in [0, 0.05) is 18.7 Å². The van der Waals surface area contributed by atoms with Crippen LogP contribution in [0, 0.1) is 6.92 Å². The summed E-state index contributed by atoms with van der Waals surface area (Å²) in [5.74, 6) is -0.246. The Morgan fingerprint density at radius 1 is 0.821 bits per heavy atom. The van der Waals surface area contributed by atoms with E-state index in [1.807, 2.05) is 61.5 Å². The molecule has 3 aromatic rings. The van der Waals surface area contributed by atoms with Crippen LogP contribution in [-0.2, 0) is 23.1 Å². The van der Waals surface area contributed by atoms with Crippen molar-refractivity contribution in [1.29, 1.82) is 0 Å². The molecule has 3 rings (SSSR count). The van der Waals surface area contributed by atoms with Crippen molar-refractivity contribution in [2.75, 3.05) is 0 Å². The SMILES string of the molecule is Cc1ccccc1CNC(=O)c1ccc(S(=O)(=O)NCc2ccccc2)cc1. The fourth-order valence-corrected chi connectivity index (χ4v) is 3.75. The molecule has 0 saturated heterocycles. The smallest absolute Gasteiger partial charge is 0.251 e. The van der Waals surface area contributed by atoms with Gasteiger partial charge in [-0.05, 0) is 47.9 Å². The van der Waals surface area contributed by atoms with E-state index in [0.717, 1.165) is 16.7 Å². The normalized spacial score (nSPS) is 11.2. The van der Waals surface area contributed by atoms with Crippen molar-refractivity contribution in [1.82, 2.24) is 10.0 Å². The molecule has 0 atom stereocenters. The Bertz CT molecular complexity index is 1050. The molecule has 0 aromatic heterocycles. The molecular formula is C22H22N2O3S. The van der Waals surface area contributed by atoms with Crippen molar-refractivity contribution in [3.8, 4) is 0 Å². The molecule has 0 spiro atoms. The van der Waals surface area contributed by atoms with Crippen molar-refractivity contribution < 1.29 is 13.2 Å². The number of nitrogens with one attached hydrogen (secondary N) is 2. The Hall–Kier alpha value is -2.96. The summed E-state index contributed by atoms with van der Waals surface area (Å²) in [6.07, 6.45) is 0. The molecule has 0 aliphatic carbocycles. The van der Waals surface area contributed by atoms with Crippen LogP contribution in [0.1, 0.15) is 27.0 Å². The lowest BCUT2D eigenvalue weighted by Crippen LogP contribution is -2.24. The lowest BCUT2D eigenvalue weighted by Gasteiger charge is -2.09. The number of aryl methyl sites for hydroxylation is 1. The topological polar surface area (TPSA) is 75.3 Å². The zero-order valence-corrected chi connectivity index (χ0v) is 16.4. The van der Waals surface area contributed by atoms with Crippen LogP contribution in [0.3, 0.4) is 0 Å². The Morgan fingerprint density at radius 2 is 1.46 bits per heavy atom. The number of sulfonamides is 1. The lowest BCUT2D eigenvalue weighted by atomic mass is 10.1. The Labute approximate surface area is 165 Å². The van der Waals surface area contributed by atoms with Crippen LogP contribution >= 0.6 is 0 Å². The maximum absolute atomic E-state index is 12.4. The third-order valence-corrected chi connectivity index (χ3v) is 5.85. The van der Waals surface area contributed by atoms with E-state index in [9.17, 15) is 13.2 Å². The van der Waals surface area contributed by atoms with Crippen LogP contribution in [0.25, 0.3) is 0 Å². The molecule has 144 valence electrons. The summed E-state index contributed by atoms with van der Waals surface area (Å²) in [5, 5.41) is 2.86. The average Bonchev–Trinajstić information content (AvgIpc) is 2.72. The molecular weight excluding hydrogens is 372 g/mol. The zero-order valence-electron chi connectivity index (χ0n) is 15.6.